The Hall–Kier alpha value is -1.91. The Morgan fingerprint density at radius 2 is 2.30 bits per heavy atom. The first-order valence-electron chi connectivity index (χ1n) is 6.64. The van der Waals surface area contributed by atoms with Crippen LogP contribution in [0, 0.1) is 11.7 Å². The van der Waals surface area contributed by atoms with Crippen LogP contribution >= 0.6 is 0 Å². The molecule has 2 unspecified atom stereocenters. The van der Waals surface area contributed by atoms with Crippen molar-refractivity contribution < 1.29 is 18.7 Å². The van der Waals surface area contributed by atoms with Gasteiger partial charge in [-0.15, -0.1) is 0 Å². The second-order valence-electron chi connectivity index (χ2n) is 5.07. The summed E-state index contributed by atoms with van der Waals surface area (Å²) in [4.78, 5) is 25.3. The number of esters is 1. The molecule has 1 amide bonds. The van der Waals surface area contributed by atoms with E-state index in [1.165, 1.54) is 19.2 Å². The molecule has 1 aromatic carbocycles. The van der Waals surface area contributed by atoms with Crippen LogP contribution < -0.4 is 0 Å². The second-order valence-corrected chi connectivity index (χ2v) is 5.07. The molecule has 1 heterocycles. The zero-order valence-electron chi connectivity index (χ0n) is 11.6. The maximum absolute atomic E-state index is 13.2. The molecule has 2 rings (SSSR count). The van der Waals surface area contributed by atoms with Crippen LogP contribution in [0.5, 0.6) is 0 Å². The van der Waals surface area contributed by atoms with Crippen LogP contribution in [0.3, 0.4) is 0 Å². The molecule has 0 radical (unpaired) electrons. The molecule has 2 atom stereocenters. The number of hydrogen-bond acceptors (Lipinski definition) is 3. The molecule has 1 saturated heterocycles. The topological polar surface area (TPSA) is 46.6 Å². The van der Waals surface area contributed by atoms with E-state index in [-0.39, 0.29) is 29.7 Å². The Morgan fingerprint density at radius 1 is 1.55 bits per heavy atom. The highest BCUT2D eigenvalue weighted by Crippen LogP contribution is 2.27. The molecular formula is C15H18FNO3. The zero-order chi connectivity index (χ0) is 14.7. The van der Waals surface area contributed by atoms with Crippen molar-refractivity contribution in [3.8, 4) is 0 Å². The third-order valence-electron chi connectivity index (χ3n) is 3.77. The minimum absolute atomic E-state index is 0.00462. The van der Waals surface area contributed by atoms with E-state index in [2.05, 4.69) is 0 Å². The number of ether oxygens (including phenoxy) is 1. The number of halogens is 1. The van der Waals surface area contributed by atoms with Gasteiger partial charge in [0.05, 0.1) is 13.0 Å². The maximum atomic E-state index is 13.2. The van der Waals surface area contributed by atoms with Crippen LogP contribution in [0.4, 0.5) is 4.39 Å². The molecule has 20 heavy (non-hydrogen) atoms. The average molecular weight is 279 g/mol. The number of nitrogens with zero attached hydrogens (tertiary/aromatic N) is 1. The van der Waals surface area contributed by atoms with Crippen LogP contribution in [0.2, 0.25) is 0 Å². The summed E-state index contributed by atoms with van der Waals surface area (Å²) in [6.45, 7) is 2.08. The molecule has 0 saturated carbocycles. The summed E-state index contributed by atoms with van der Waals surface area (Å²) in [7, 11) is 1.34. The van der Waals surface area contributed by atoms with Gasteiger partial charge >= 0.3 is 5.97 Å². The van der Waals surface area contributed by atoms with Crippen molar-refractivity contribution in [3.05, 3.63) is 35.6 Å². The highest BCUT2D eigenvalue weighted by Gasteiger charge is 2.37. The van der Waals surface area contributed by atoms with Crippen LogP contribution in [0.15, 0.2) is 24.3 Å². The maximum Gasteiger partial charge on any atom is 0.310 e. The Bertz CT molecular complexity index is 518. The van der Waals surface area contributed by atoms with Crippen LogP contribution in [-0.2, 0) is 20.9 Å². The van der Waals surface area contributed by atoms with Gasteiger partial charge in [-0.2, -0.15) is 0 Å². The minimum Gasteiger partial charge on any atom is -0.469 e. The third kappa shape index (κ3) is 2.98. The van der Waals surface area contributed by atoms with Crippen molar-refractivity contribution >= 4 is 11.9 Å². The van der Waals surface area contributed by atoms with E-state index in [0.717, 1.165) is 5.56 Å². The summed E-state index contributed by atoms with van der Waals surface area (Å²) in [5, 5.41) is 0. The summed E-state index contributed by atoms with van der Waals surface area (Å²) in [6.07, 6.45) is 1.05. The van der Waals surface area contributed by atoms with Gasteiger partial charge < -0.3 is 9.64 Å². The summed E-state index contributed by atoms with van der Waals surface area (Å²) in [5.41, 5.74) is 0.724. The smallest absolute Gasteiger partial charge is 0.310 e. The quantitative estimate of drug-likeness (QED) is 0.793. The number of amides is 1. The minimum atomic E-state index is -0.375. The Labute approximate surface area is 117 Å². The van der Waals surface area contributed by atoms with Crippen molar-refractivity contribution in [2.24, 2.45) is 5.92 Å². The summed E-state index contributed by atoms with van der Waals surface area (Å²) >= 11 is 0. The summed E-state index contributed by atoms with van der Waals surface area (Å²) in [6, 6.07) is 5.98. The molecule has 1 fully saturated rings. The predicted molar refractivity (Wildman–Crippen MR) is 71.2 cm³/mol. The van der Waals surface area contributed by atoms with E-state index >= 15 is 0 Å². The lowest BCUT2D eigenvalue weighted by Gasteiger charge is -2.28. The molecule has 4 nitrogen and oxygen atoms in total. The SMILES string of the molecule is COC(=O)C(C)C1CCC(=O)N1Cc1cccc(F)c1. The largest absolute Gasteiger partial charge is 0.469 e. The first-order valence-corrected chi connectivity index (χ1v) is 6.64. The molecule has 0 aliphatic carbocycles. The van der Waals surface area contributed by atoms with Gasteiger partial charge in [-0.25, -0.2) is 4.39 Å². The third-order valence-corrected chi connectivity index (χ3v) is 3.77. The van der Waals surface area contributed by atoms with Crippen molar-refractivity contribution in [2.75, 3.05) is 7.11 Å². The highest BCUT2D eigenvalue weighted by molar-refractivity contribution is 5.81. The number of methoxy groups -OCH3 is 1. The number of likely N-dealkylation sites (tertiary alicyclic amines) is 1. The van der Waals surface area contributed by atoms with E-state index in [1.54, 1.807) is 24.0 Å². The molecule has 5 heteroatoms. The molecule has 0 spiro atoms. The van der Waals surface area contributed by atoms with Crippen LogP contribution in [-0.4, -0.2) is 29.9 Å². The Kier molecular flexibility index (Phi) is 4.37. The molecular weight excluding hydrogens is 261 g/mol. The van der Waals surface area contributed by atoms with Gasteiger partial charge in [-0.3, -0.25) is 9.59 Å². The fourth-order valence-electron chi connectivity index (χ4n) is 2.66. The lowest BCUT2D eigenvalue weighted by atomic mass is 9.99. The fourth-order valence-corrected chi connectivity index (χ4v) is 2.66. The van der Waals surface area contributed by atoms with Gasteiger partial charge in [-0.1, -0.05) is 12.1 Å². The van der Waals surface area contributed by atoms with E-state index in [1.807, 2.05) is 0 Å². The number of benzene rings is 1. The standard InChI is InChI=1S/C15H18FNO3/c1-10(15(19)20-2)13-6-7-14(18)17(13)9-11-4-3-5-12(16)8-11/h3-5,8,10,13H,6-7,9H2,1-2H3. The van der Waals surface area contributed by atoms with Gasteiger partial charge in [0, 0.05) is 19.0 Å². The van der Waals surface area contributed by atoms with Crippen molar-refractivity contribution in [3.63, 3.8) is 0 Å². The normalized spacial score (nSPS) is 20.1. The number of hydrogen-bond donors (Lipinski definition) is 0. The van der Waals surface area contributed by atoms with Crippen LogP contribution in [0.1, 0.15) is 25.3 Å². The Morgan fingerprint density at radius 3 is 2.95 bits per heavy atom. The van der Waals surface area contributed by atoms with E-state index in [0.29, 0.717) is 19.4 Å². The van der Waals surface area contributed by atoms with Crippen LogP contribution in [0.25, 0.3) is 0 Å². The van der Waals surface area contributed by atoms with E-state index < -0.39 is 0 Å². The lowest BCUT2D eigenvalue weighted by molar-refractivity contribution is -0.147. The first-order chi connectivity index (χ1) is 9.52. The van der Waals surface area contributed by atoms with E-state index in [9.17, 15) is 14.0 Å². The van der Waals surface area contributed by atoms with Crippen molar-refractivity contribution in [1.29, 1.82) is 0 Å². The molecule has 1 aliphatic heterocycles. The highest BCUT2D eigenvalue weighted by atomic mass is 19.1. The molecule has 108 valence electrons. The second kappa shape index (κ2) is 6.03. The number of rotatable bonds is 4. The van der Waals surface area contributed by atoms with Gasteiger partial charge in [0.2, 0.25) is 5.91 Å². The Balaban J connectivity index is 2.15. The molecule has 0 N–H and O–H groups in total. The summed E-state index contributed by atoms with van der Waals surface area (Å²) in [5.74, 6) is -1.03. The zero-order valence-corrected chi connectivity index (χ0v) is 11.6. The van der Waals surface area contributed by atoms with Crippen molar-refractivity contribution in [1.82, 2.24) is 4.90 Å². The number of carbonyl (C=O) groups is 2. The van der Waals surface area contributed by atoms with Gasteiger partial charge in [0.25, 0.3) is 0 Å². The molecule has 1 aliphatic rings. The molecule has 1 aromatic rings. The van der Waals surface area contributed by atoms with E-state index in [4.69, 9.17) is 4.74 Å². The van der Waals surface area contributed by atoms with Crippen molar-refractivity contribution in [2.45, 2.75) is 32.4 Å². The first kappa shape index (κ1) is 14.5. The van der Waals surface area contributed by atoms with Gasteiger partial charge in [-0.05, 0) is 31.0 Å². The summed E-state index contributed by atoms with van der Waals surface area (Å²) < 4.78 is 17.9. The molecule has 0 bridgehead atoms. The average Bonchev–Trinajstić information content (AvgIpc) is 2.79. The number of carbonyl (C=O) groups excluding carboxylic acids is 2. The lowest BCUT2D eigenvalue weighted by Crippen LogP contribution is -2.40. The predicted octanol–water partition coefficient (Wildman–Crippen LogP) is 2.13. The monoisotopic (exact) mass is 279 g/mol. The fraction of sp³-hybridized carbons (Fsp3) is 0.467. The molecule has 0 aromatic heterocycles. The van der Waals surface area contributed by atoms with Gasteiger partial charge in [0.1, 0.15) is 5.82 Å². The van der Waals surface area contributed by atoms with Gasteiger partial charge in [0.15, 0.2) is 0 Å².